The van der Waals surface area contributed by atoms with E-state index in [1.54, 1.807) is 0 Å². The molecule has 0 saturated heterocycles. The molecule has 0 aliphatic carbocycles. The summed E-state index contributed by atoms with van der Waals surface area (Å²) in [6.07, 6.45) is 1.38. The van der Waals surface area contributed by atoms with Crippen LogP contribution in [0.15, 0.2) is 22.9 Å². The van der Waals surface area contributed by atoms with Crippen molar-refractivity contribution in [3.8, 4) is 11.8 Å². The molecule has 0 unspecified atom stereocenters. The van der Waals surface area contributed by atoms with Crippen LogP contribution in [0.5, 0.6) is 11.8 Å². The molecule has 0 amide bonds. The highest BCUT2D eigenvalue weighted by Crippen LogP contribution is 2.36. The van der Waals surface area contributed by atoms with Crippen LogP contribution in [0.4, 0.5) is 5.69 Å². The first-order chi connectivity index (χ1) is 10.1. The molecule has 0 radical (unpaired) electrons. The van der Waals surface area contributed by atoms with Crippen LogP contribution in [-0.4, -0.2) is 24.2 Å². The van der Waals surface area contributed by atoms with E-state index in [9.17, 15) is 0 Å². The summed E-state index contributed by atoms with van der Waals surface area (Å²) >= 11 is 15.6. The van der Waals surface area contributed by atoms with Gasteiger partial charge in [0.1, 0.15) is 6.33 Å². The largest absolute Gasteiger partial charge is 0.481 e. The van der Waals surface area contributed by atoms with Crippen LogP contribution < -0.4 is 14.8 Å². The lowest BCUT2D eigenvalue weighted by Gasteiger charge is -2.14. The Bertz CT molecular complexity index is 633. The van der Waals surface area contributed by atoms with Gasteiger partial charge in [-0.3, -0.25) is 0 Å². The van der Waals surface area contributed by atoms with Crippen LogP contribution in [0.3, 0.4) is 0 Å². The highest BCUT2D eigenvalue weighted by Gasteiger charge is 2.14. The van der Waals surface area contributed by atoms with Crippen molar-refractivity contribution < 1.29 is 9.47 Å². The molecule has 8 heteroatoms. The van der Waals surface area contributed by atoms with Crippen LogP contribution in [-0.2, 0) is 6.54 Å². The molecule has 0 spiro atoms. The van der Waals surface area contributed by atoms with Gasteiger partial charge in [0.15, 0.2) is 0 Å². The predicted molar refractivity (Wildman–Crippen MR) is 86.6 cm³/mol. The molecule has 112 valence electrons. The summed E-state index contributed by atoms with van der Waals surface area (Å²) in [6, 6.07) is 3.63. The number of aromatic nitrogens is 2. The number of nitrogens with one attached hydrogen (secondary N) is 1. The Hall–Kier alpha value is -1.24. The van der Waals surface area contributed by atoms with Gasteiger partial charge in [0.05, 0.1) is 42.1 Å². The van der Waals surface area contributed by atoms with E-state index in [0.717, 1.165) is 4.47 Å². The minimum absolute atomic E-state index is 0.380. The summed E-state index contributed by atoms with van der Waals surface area (Å²) in [7, 11) is 3.07. The molecule has 1 heterocycles. The minimum atomic E-state index is 0.380. The van der Waals surface area contributed by atoms with Crippen molar-refractivity contribution in [2.75, 3.05) is 19.5 Å². The molecular formula is C13H12BrCl2N3O2. The third-order valence-electron chi connectivity index (χ3n) is 2.74. The molecule has 0 bridgehead atoms. The van der Waals surface area contributed by atoms with Gasteiger partial charge in [-0.1, -0.05) is 23.2 Å². The summed E-state index contributed by atoms with van der Waals surface area (Å²) in [5, 5.41) is 4.05. The summed E-state index contributed by atoms with van der Waals surface area (Å²) in [4.78, 5) is 8.10. The summed E-state index contributed by atoms with van der Waals surface area (Å²) in [5.41, 5.74) is 1.38. The summed E-state index contributed by atoms with van der Waals surface area (Å²) < 4.78 is 11.2. The van der Waals surface area contributed by atoms with Gasteiger partial charge >= 0.3 is 0 Å². The molecule has 0 atom stereocenters. The van der Waals surface area contributed by atoms with Crippen molar-refractivity contribution in [2.24, 2.45) is 0 Å². The van der Waals surface area contributed by atoms with Gasteiger partial charge < -0.3 is 14.8 Å². The Balaban J connectivity index is 2.26. The molecule has 2 rings (SSSR count). The van der Waals surface area contributed by atoms with E-state index < -0.39 is 0 Å². The van der Waals surface area contributed by atoms with Crippen molar-refractivity contribution in [1.82, 2.24) is 9.97 Å². The average molecular weight is 393 g/mol. The van der Waals surface area contributed by atoms with Crippen molar-refractivity contribution in [1.29, 1.82) is 0 Å². The number of benzene rings is 1. The zero-order valence-corrected chi connectivity index (χ0v) is 14.4. The standard InChI is InChI=1S/C13H12BrCl2N3O2/c1-20-12-7(13(21-2)19-6-18-12)5-17-9-4-3-8(14)10(15)11(9)16/h3-4,6,17H,5H2,1-2H3. The lowest BCUT2D eigenvalue weighted by Crippen LogP contribution is -2.07. The Labute approximate surface area is 140 Å². The first-order valence-corrected chi connectivity index (χ1v) is 7.42. The second kappa shape index (κ2) is 7.15. The fourth-order valence-electron chi connectivity index (χ4n) is 1.73. The van der Waals surface area contributed by atoms with E-state index in [-0.39, 0.29) is 0 Å². The Kier molecular flexibility index (Phi) is 5.50. The first kappa shape index (κ1) is 16.1. The lowest BCUT2D eigenvalue weighted by molar-refractivity contribution is 0.363. The third-order valence-corrected chi connectivity index (χ3v) is 4.51. The number of hydrogen-bond acceptors (Lipinski definition) is 5. The molecule has 0 saturated carbocycles. The highest BCUT2D eigenvalue weighted by molar-refractivity contribution is 9.10. The van der Waals surface area contributed by atoms with Gasteiger partial charge in [0.2, 0.25) is 11.8 Å². The third kappa shape index (κ3) is 3.51. The SMILES string of the molecule is COc1ncnc(OC)c1CNc1ccc(Br)c(Cl)c1Cl. The van der Waals surface area contributed by atoms with Crippen molar-refractivity contribution >= 4 is 44.8 Å². The number of hydrogen-bond donors (Lipinski definition) is 1. The minimum Gasteiger partial charge on any atom is -0.481 e. The van der Waals surface area contributed by atoms with Gasteiger partial charge in [-0.05, 0) is 28.1 Å². The van der Waals surface area contributed by atoms with E-state index in [4.69, 9.17) is 32.7 Å². The fraction of sp³-hybridized carbons (Fsp3) is 0.231. The number of halogens is 3. The highest BCUT2D eigenvalue weighted by atomic mass is 79.9. The van der Waals surface area contributed by atoms with Gasteiger partial charge in [0.25, 0.3) is 0 Å². The van der Waals surface area contributed by atoms with Gasteiger partial charge in [-0.25, -0.2) is 9.97 Å². The zero-order chi connectivity index (χ0) is 15.4. The average Bonchev–Trinajstić information content (AvgIpc) is 2.51. The van der Waals surface area contributed by atoms with Crippen molar-refractivity contribution in [3.05, 3.63) is 38.5 Å². The normalized spacial score (nSPS) is 10.3. The van der Waals surface area contributed by atoms with Crippen molar-refractivity contribution in [2.45, 2.75) is 6.54 Å². The Morgan fingerprint density at radius 3 is 2.29 bits per heavy atom. The number of nitrogens with zero attached hydrogens (tertiary/aromatic N) is 2. The second-order valence-corrected chi connectivity index (χ2v) is 5.56. The maximum Gasteiger partial charge on any atom is 0.225 e. The zero-order valence-electron chi connectivity index (χ0n) is 11.3. The van der Waals surface area contributed by atoms with Crippen LogP contribution >= 0.6 is 39.1 Å². The maximum absolute atomic E-state index is 6.19. The summed E-state index contributed by atoms with van der Waals surface area (Å²) in [6.45, 7) is 0.380. The van der Waals surface area contributed by atoms with Crippen LogP contribution in [0.1, 0.15) is 5.56 Å². The van der Waals surface area contributed by atoms with E-state index in [2.05, 4.69) is 31.2 Å². The fourth-order valence-corrected chi connectivity index (χ4v) is 2.57. The molecule has 1 aromatic heterocycles. The quantitative estimate of drug-likeness (QED) is 0.773. The molecule has 0 aliphatic rings. The number of ether oxygens (including phenoxy) is 2. The van der Waals surface area contributed by atoms with E-state index in [1.807, 2.05) is 12.1 Å². The number of methoxy groups -OCH3 is 2. The molecule has 2 aromatic rings. The van der Waals surface area contributed by atoms with E-state index >= 15 is 0 Å². The smallest absolute Gasteiger partial charge is 0.225 e. The van der Waals surface area contributed by atoms with Gasteiger partial charge in [0, 0.05) is 4.47 Å². The monoisotopic (exact) mass is 391 g/mol. The Morgan fingerprint density at radius 1 is 1.10 bits per heavy atom. The lowest BCUT2D eigenvalue weighted by atomic mass is 10.2. The maximum atomic E-state index is 6.19. The van der Waals surface area contributed by atoms with E-state index in [1.165, 1.54) is 20.5 Å². The van der Waals surface area contributed by atoms with E-state index in [0.29, 0.717) is 39.6 Å². The molecular weight excluding hydrogens is 381 g/mol. The summed E-state index contributed by atoms with van der Waals surface area (Å²) in [5.74, 6) is 0.877. The van der Waals surface area contributed by atoms with Crippen LogP contribution in [0.2, 0.25) is 10.0 Å². The molecule has 1 N–H and O–H groups in total. The van der Waals surface area contributed by atoms with Crippen LogP contribution in [0, 0.1) is 0 Å². The number of anilines is 1. The topological polar surface area (TPSA) is 56.3 Å². The molecule has 0 aliphatic heterocycles. The van der Waals surface area contributed by atoms with Crippen molar-refractivity contribution in [3.63, 3.8) is 0 Å². The first-order valence-electron chi connectivity index (χ1n) is 5.87. The molecule has 5 nitrogen and oxygen atoms in total. The molecule has 0 fully saturated rings. The molecule has 1 aromatic carbocycles. The van der Waals surface area contributed by atoms with Gasteiger partial charge in [-0.2, -0.15) is 0 Å². The van der Waals surface area contributed by atoms with Gasteiger partial charge in [-0.15, -0.1) is 0 Å². The Morgan fingerprint density at radius 2 is 1.71 bits per heavy atom. The second-order valence-electron chi connectivity index (χ2n) is 3.95. The molecule has 21 heavy (non-hydrogen) atoms. The number of rotatable bonds is 5. The van der Waals surface area contributed by atoms with Crippen LogP contribution in [0.25, 0.3) is 0 Å². The predicted octanol–water partition coefficient (Wildman–Crippen LogP) is 4.18.